The fraction of sp³-hybridized carbons (Fsp3) is 0.208. The summed E-state index contributed by atoms with van der Waals surface area (Å²) in [6.45, 7) is 2.89. The average Bonchev–Trinajstić information content (AvgIpc) is 3.23. The zero-order valence-electron chi connectivity index (χ0n) is 17.8. The van der Waals surface area contributed by atoms with Gasteiger partial charge in [0, 0.05) is 37.7 Å². The molecule has 4 aromatic rings. The van der Waals surface area contributed by atoms with Gasteiger partial charge in [-0.1, -0.05) is 23.5 Å². The van der Waals surface area contributed by atoms with Gasteiger partial charge < -0.3 is 9.64 Å². The maximum Gasteiger partial charge on any atom is 0.260 e. The van der Waals surface area contributed by atoms with Crippen molar-refractivity contribution in [1.82, 2.24) is 9.97 Å². The highest BCUT2D eigenvalue weighted by atomic mass is 32.1. The van der Waals surface area contributed by atoms with Gasteiger partial charge in [0.25, 0.3) is 5.91 Å². The number of amides is 1. The summed E-state index contributed by atoms with van der Waals surface area (Å²) < 4.78 is 6.72. The van der Waals surface area contributed by atoms with E-state index in [-0.39, 0.29) is 5.91 Å². The minimum absolute atomic E-state index is 0.105. The Kier molecular flexibility index (Phi) is 6.13. The first-order valence-corrected chi connectivity index (χ1v) is 10.9. The Labute approximate surface area is 185 Å². The Bertz CT molecular complexity index is 1170. The van der Waals surface area contributed by atoms with E-state index < -0.39 is 0 Å². The Morgan fingerprint density at radius 3 is 2.55 bits per heavy atom. The molecule has 2 aromatic heterocycles. The number of para-hydroxylation sites is 1. The van der Waals surface area contributed by atoms with Gasteiger partial charge in [0.15, 0.2) is 5.13 Å². The lowest BCUT2D eigenvalue weighted by molar-refractivity contribution is 0.0985. The summed E-state index contributed by atoms with van der Waals surface area (Å²) in [6, 6.07) is 17.3. The third-order valence-corrected chi connectivity index (χ3v) is 5.88. The van der Waals surface area contributed by atoms with Crippen LogP contribution in [0.3, 0.4) is 0 Å². The third kappa shape index (κ3) is 4.51. The van der Waals surface area contributed by atoms with E-state index in [1.807, 2.05) is 80.5 Å². The molecule has 31 heavy (non-hydrogen) atoms. The van der Waals surface area contributed by atoms with Crippen molar-refractivity contribution in [2.45, 2.75) is 13.5 Å². The number of benzene rings is 2. The van der Waals surface area contributed by atoms with Gasteiger partial charge in [-0.15, -0.1) is 0 Å². The lowest BCUT2D eigenvalue weighted by Gasteiger charge is -2.20. The van der Waals surface area contributed by atoms with E-state index in [2.05, 4.69) is 4.98 Å². The fourth-order valence-electron chi connectivity index (χ4n) is 3.26. The van der Waals surface area contributed by atoms with Crippen LogP contribution in [0.15, 0.2) is 67.0 Å². The first-order chi connectivity index (χ1) is 15.1. The number of nitrogens with zero attached hydrogens (tertiary/aromatic N) is 4. The maximum absolute atomic E-state index is 13.5. The molecule has 0 aliphatic carbocycles. The minimum atomic E-state index is -0.105. The summed E-state index contributed by atoms with van der Waals surface area (Å²) in [4.78, 5) is 26.2. The van der Waals surface area contributed by atoms with E-state index in [0.717, 1.165) is 27.2 Å². The lowest BCUT2D eigenvalue weighted by atomic mass is 10.1. The van der Waals surface area contributed by atoms with Crippen LogP contribution < -0.4 is 14.5 Å². The van der Waals surface area contributed by atoms with Crippen molar-refractivity contribution in [2.24, 2.45) is 0 Å². The first kappa shape index (κ1) is 20.8. The van der Waals surface area contributed by atoms with Gasteiger partial charge in [-0.25, -0.2) is 4.98 Å². The van der Waals surface area contributed by atoms with Gasteiger partial charge in [-0.05, 0) is 55.0 Å². The van der Waals surface area contributed by atoms with Crippen LogP contribution in [-0.4, -0.2) is 36.6 Å². The third-order valence-electron chi connectivity index (χ3n) is 4.84. The van der Waals surface area contributed by atoms with Crippen LogP contribution in [0.5, 0.6) is 5.75 Å². The molecule has 7 heteroatoms. The highest BCUT2D eigenvalue weighted by Crippen LogP contribution is 2.35. The van der Waals surface area contributed by atoms with Crippen LogP contribution in [-0.2, 0) is 6.54 Å². The van der Waals surface area contributed by atoms with Crippen LogP contribution in [0.1, 0.15) is 22.8 Å². The summed E-state index contributed by atoms with van der Waals surface area (Å²) in [6.07, 6.45) is 3.50. The summed E-state index contributed by atoms with van der Waals surface area (Å²) in [5.74, 6) is 0.623. The second-order valence-electron chi connectivity index (χ2n) is 7.23. The normalized spacial score (nSPS) is 10.8. The number of rotatable bonds is 7. The number of hydrogen-bond acceptors (Lipinski definition) is 6. The molecule has 0 atom stereocenters. The van der Waals surface area contributed by atoms with Gasteiger partial charge in [-0.3, -0.25) is 14.7 Å². The smallest absolute Gasteiger partial charge is 0.260 e. The largest absolute Gasteiger partial charge is 0.492 e. The zero-order valence-corrected chi connectivity index (χ0v) is 18.6. The molecule has 4 rings (SSSR count). The van der Waals surface area contributed by atoms with Crippen LogP contribution in [0.4, 0.5) is 10.8 Å². The van der Waals surface area contributed by atoms with Gasteiger partial charge >= 0.3 is 0 Å². The van der Waals surface area contributed by atoms with Crippen molar-refractivity contribution in [3.05, 3.63) is 78.1 Å². The van der Waals surface area contributed by atoms with Gasteiger partial charge in [-0.2, -0.15) is 0 Å². The number of thiazole rings is 1. The predicted molar refractivity (Wildman–Crippen MR) is 126 cm³/mol. The highest BCUT2D eigenvalue weighted by molar-refractivity contribution is 7.22. The molecule has 0 unspecified atom stereocenters. The minimum Gasteiger partial charge on any atom is -0.492 e. The van der Waals surface area contributed by atoms with Crippen molar-refractivity contribution >= 4 is 38.3 Å². The number of anilines is 2. The SMILES string of the molecule is CCOc1cccc2sc(N(Cc3cccnc3)C(=O)c3ccc(N(C)C)cc3)nc12. The molecule has 0 radical (unpaired) electrons. The molecule has 2 heterocycles. The standard InChI is InChI=1S/C24H24N4O2S/c1-4-30-20-8-5-9-21-22(20)26-24(31-21)28(16-17-7-6-14-25-15-17)23(29)18-10-12-19(13-11-18)27(2)3/h5-15H,4,16H2,1-3H3. The number of ether oxygens (including phenoxy) is 1. The van der Waals surface area contributed by atoms with Gasteiger partial charge in [0.05, 0.1) is 17.9 Å². The molecular formula is C24H24N4O2S. The van der Waals surface area contributed by atoms with Crippen molar-refractivity contribution in [3.8, 4) is 5.75 Å². The molecule has 0 saturated heterocycles. The first-order valence-electron chi connectivity index (χ1n) is 10.1. The molecule has 6 nitrogen and oxygen atoms in total. The molecule has 0 saturated carbocycles. The van der Waals surface area contributed by atoms with E-state index in [4.69, 9.17) is 9.72 Å². The number of hydrogen-bond donors (Lipinski definition) is 0. The molecule has 2 aromatic carbocycles. The molecule has 0 aliphatic rings. The molecule has 0 bridgehead atoms. The lowest BCUT2D eigenvalue weighted by Crippen LogP contribution is -2.30. The van der Waals surface area contributed by atoms with Crippen molar-refractivity contribution in [2.75, 3.05) is 30.5 Å². The Morgan fingerprint density at radius 2 is 1.87 bits per heavy atom. The molecule has 1 amide bonds. The fourth-order valence-corrected chi connectivity index (χ4v) is 4.24. The number of aromatic nitrogens is 2. The number of fused-ring (bicyclic) bond motifs is 1. The van der Waals surface area contributed by atoms with Gasteiger partial charge in [0.1, 0.15) is 11.3 Å². The summed E-state index contributed by atoms with van der Waals surface area (Å²) in [7, 11) is 3.95. The Hall–Kier alpha value is -3.45. The average molecular weight is 433 g/mol. The second kappa shape index (κ2) is 9.14. The van der Waals surface area contributed by atoms with Crippen LogP contribution in [0.25, 0.3) is 10.2 Å². The summed E-state index contributed by atoms with van der Waals surface area (Å²) in [5.41, 5.74) is 3.36. The quantitative estimate of drug-likeness (QED) is 0.411. The van der Waals surface area contributed by atoms with E-state index in [1.165, 1.54) is 11.3 Å². The molecular weight excluding hydrogens is 408 g/mol. The molecule has 0 fully saturated rings. The van der Waals surface area contributed by atoms with E-state index in [0.29, 0.717) is 23.8 Å². The van der Waals surface area contributed by atoms with E-state index in [9.17, 15) is 4.79 Å². The Balaban J connectivity index is 1.75. The van der Waals surface area contributed by atoms with E-state index >= 15 is 0 Å². The van der Waals surface area contributed by atoms with Crippen LogP contribution in [0.2, 0.25) is 0 Å². The summed E-state index contributed by atoms with van der Waals surface area (Å²) in [5, 5.41) is 0.632. The molecule has 158 valence electrons. The monoisotopic (exact) mass is 432 g/mol. The number of carbonyl (C=O) groups excluding carboxylic acids is 1. The number of carbonyl (C=O) groups is 1. The van der Waals surface area contributed by atoms with Crippen molar-refractivity contribution in [3.63, 3.8) is 0 Å². The molecule has 0 N–H and O–H groups in total. The van der Waals surface area contributed by atoms with Gasteiger partial charge in [0.2, 0.25) is 0 Å². The van der Waals surface area contributed by atoms with E-state index in [1.54, 1.807) is 17.3 Å². The van der Waals surface area contributed by atoms with Crippen LogP contribution >= 0.6 is 11.3 Å². The van der Waals surface area contributed by atoms with Crippen LogP contribution in [0, 0.1) is 0 Å². The summed E-state index contributed by atoms with van der Waals surface area (Å²) >= 11 is 1.48. The zero-order chi connectivity index (χ0) is 21.8. The predicted octanol–water partition coefficient (Wildman–Crippen LogP) is 5.00. The number of pyridine rings is 1. The second-order valence-corrected chi connectivity index (χ2v) is 8.24. The highest BCUT2D eigenvalue weighted by Gasteiger charge is 2.23. The van der Waals surface area contributed by atoms with Crippen molar-refractivity contribution in [1.29, 1.82) is 0 Å². The topological polar surface area (TPSA) is 58.6 Å². The molecule has 0 aliphatic heterocycles. The molecule has 0 spiro atoms. The van der Waals surface area contributed by atoms with Crippen molar-refractivity contribution < 1.29 is 9.53 Å². The maximum atomic E-state index is 13.5. The Morgan fingerprint density at radius 1 is 1.06 bits per heavy atom.